The third kappa shape index (κ3) is 3.39. The van der Waals surface area contributed by atoms with Crippen LogP contribution in [0.4, 0.5) is 0 Å². The quantitative estimate of drug-likeness (QED) is 0.480. The van der Waals surface area contributed by atoms with Gasteiger partial charge in [0.05, 0.1) is 0 Å². The predicted octanol–water partition coefficient (Wildman–Crippen LogP) is 0.493. The zero-order valence-electron chi connectivity index (χ0n) is 4.42. The molecule has 3 nitrogen and oxygen atoms in total. The molecule has 1 saturated heterocycles. The Morgan fingerprint density at radius 2 is 1.75 bits per heavy atom. The highest BCUT2D eigenvalue weighted by atomic mass is 16.8. The minimum atomic E-state index is 0.750. The lowest BCUT2D eigenvalue weighted by Crippen LogP contribution is -1.54. The van der Waals surface area contributed by atoms with Crippen LogP contribution in [-0.2, 0) is 4.84 Å². The van der Waals surface area contributed by atoms with E-state index in [1.54, 1.807) is 0 Å². The van der Waals surface area contributed by atoms with Crippen LogP contribution in [0.25, 0.3) is 0 Å². The second-order valence-electron chi connectivity index (χ2n) is 1.32. The van der Waals surface area contributed by atoms with E-state index in [4.69, 9.17) is 0 Å². The lowest BCUT2D eigenvalue weighted by atomic mass is 10.7. The normalized spacial score (nSPS) is 14.0. The molecule has 1 fully saturated rings. The van der Waals surface area contributed by atoms with Crippen LogP contribution in [0.2, 0.25) is 0 Å². The van der Waals surface area contributed by atoms with Crippen molar-refractivity contribution in [3.8, 4) is 0 Å². The van der Waals surface area contributed by atoms with Crippen LogP contribution in [-0.4, -0.2) is 11.7 Å². The van der Waals surface area contributed by atoms with Crippen molar-refractivity contribution in [2.24, 2.45) is 0 Å². The highest BCUT2D eigenvalue weighted by Crippen LogP contribution is 1.72. The summed E-state index contributed by atoms with van der Waals surface area (Å²) in [5.41, 5.74) is 2.50. The minimum absolute atomic E-state index is 0.750. The second-order valence-corrected chi connectivity index (χ2v) is 1.32. The molecule has 1 aromatic rings. The molecule has 0 amide bonds. The number of hydrogen-bond acceptors (Lipinski definition) is 2. The van der Waals surface area contributed by atoms with Crippen LogP contribution >= 0.6 is 0 Å². The molecule has 2 heterocycles. The fraction of sp³-hybridized carbons (Fsp3) is 0.200. The van der Waals surface area contributed by atoms with Crippen molar-refractivity contribution in [2.45, 2.75) is 0 Å². The van der Waals surface area contributed by atoms with E-state index in [-0.39, 0.29) is 0 Å². The molecule has 44 valence electrons. The van der Waals surface area contributed by atoms with E-state index in [1.165, 1.54) is 0 Å². The highest BCUT2D eigenvalue weighted by molar-refractivity contribution is 4.84. The van der Waals surface area contributed by atoms with Gasteiger partial charge in [0.25, 0.3) is 0 Å². The molecule has 0 atom stereocenters. The van der Waals surface area contributed by atoms with Crippen molar-refractivity contribution in [3.63, 3.8) is 0 Å². The second kappa shape index (κ2) is 3.23. The van der Waals surface area contributed by atoms with Gasteiger partial charge in [0.2, 0.25) is 0 Å². The van der Waals surface area contributed by atoms with Crippen LogP contribution in [0.1, 0.15) is 0 Å². The standard InChI is InChI=1S/C4H5N.CH3NO/c1-2-4-5-3-1;1-2-3-1/h1-5H;2H,1H2. The average Bonchev–Trinajstić information content (AvgIpc) is 2.55. The van der Waals surface area contributed by atoms with Gasteiger partial charge in [-0.2, -0.15) is 5.48 Å². The van der Waals surface area contributed by atoms with Crippen molar-refractivity contribution < 1.29 is 4.84 Å². The van der Waals surface area contributed by atoms with E-state index in [0.29, 0.717) is 0 Å². The molecule has 0 radical (unpaired) electrons. The van der Waals surface area contributed by atoms with Gasteiger partial charge >= 0.3 is 0 Å². The van der Waals surface area contributed by atoms with Gasteiger partial charge < -0.3 is 4.98 Å². The first-order chi connectivity index (χ1) is 4.00. The molecule has 0 bridgehead atoms. The molecule has 0 unspecified atom stereocenters. The fourth-order valence-electron chi connectivity index (χ4n) is 0.278. The summed E-state index contributed by atoms with van der Waals surface area (Å²) in [6, 6.07) is 3.89. The summed E-state index contributed by atoms with van der Waals surface area (Å²) in [5.74, 6) is 0. The summed E-state index contributed by atoms with van der Waals surface area (Å²) >= 11 is 0. The van der Waals surface area contributed by atoms with E-state index in [9.17, 15) is 0 Å². The van der Waals surface area contributed by atoms with Gasteiger partial charge in [-0.15, -0.1) is 0 Å². The van der Waals surface area contributed by atoms with Crippen molar-refractivity contribution >= 4 is 0 Å². The van der Waals surface area contributed by atoms with Crippen molar-refractivity contribution in [1.82, 2.24) is 10.5 Å². The van der Waals surface area contributed by atoms with Gasteiger partial charge in [-0.25, -0.2) is 0 Å². The maximum Gasteiger partial charge on any atom is 0.141 e. The molecule has 8 heavy (non-hydrogen) atoms. The molecule has 0 aromatic carbocycles. The summed E-state index contributed by atoms with van der Waals surface area (Å²) in [6.45, 7) is 0.750. The van der Waals surface area contributed by atoms with Crippen LogP contribution in [0.3, 0.4) is 0 Å². The van der Waals surface area contributed by atoms with Gasteiger partial charge in [-0.05, 0) is 12.1 Å². The van der Waals surface area contributed by atoms with E-state index < -0.39 is 0 Å². The lowest BCUT2D eigenvalue weighted by Gasteiger charge is -1.49. The smallest absolute Gasteiger partial charge is 0.141 e. The van der Waals surface area contributed by atoms with Gasteiger partial charge in [-0.1, -0.05) is 0 Å². The molecule has 1 aromatic heterocycles. The molecule has 2 rings (SSSR count). The van der Waals surface area contributed by atoms with E-state index in [2.05, 4.69) is 15.3 Å². The largest absolute Gasteiger partial charge is 0.368 e. The third-order valence-corrected chi connectivity index (χ3v) is 0.640. The van der Waals surface area contributed by atoms with E-state index in [0.717, 1.165) is 6.73 Å². The van der Waals surface area contributed by atoms with E-state index >= 15 is 0 Å². The summed E-state index contributed by atoms with van der Waals surface area (Å²) in [7, 11) is 0. The Balaban J connectivity index is 0.0000000907. The molecule has 0 aliphatic carbocycles. The topological polar surface area (TPSA) is 50.3 Å². The molecule has 2 N–H and O–H groups in total. The lowest BCUT2D eigenvalue weighted by molar-refractivity contribution is 0.412. The number of H-pyrrole nitrogens is 1. The predicted molar refractivity (Wildman–Crippen MR) is 29.9 cm³/mol. The molecule has 1 aliphatic rings. The molecule has 1 aliphatic heterocycles. The Kier molecular flexibility index (Phi) is 2.16. The fourth-order valence-corrected chi connectivity index (χ4v) is 0.278. The summed E-state index contributed by atoms with van der Waals surface area (Å²) in [4.78, 5) is 7.11. The van der Waals surface area contributed by atoms with Crippen molar-refractivity contribution in [2.75, 3.05) is 6.73 Å². The summed E-state index contributed by atoms with van der Waals surface area (Å²) < 4.78 is 0. The number of hydroxylamine groups is 1. The van der Waals surface area contributed by atoms with Crippen LogP contribution < -0.4 is 5.48 Å². The van der Waals surface area contributed by atoms with Gasteiger partial charge in [0.1, 0.15) is 6.73 Å². The Hall–Kier alpha value is -0.800. The Bertz CT molecular complexity index is 94.0. The Morgan fingerprint density at radius 1 is 1.25 bits per heavy atom. The van der Waals surface area contributed by atoms with Gasteiger partial charge in [0.15, 0.2) is 0 Å². The summed E-state index contributed by atoms with van der Waals surface area (Å²) in [6.07, 6.45) is 3.75. The van der Waals surface area contributed by atoms with Crippen LogP contribution in [0, 0.1) is 0 Å². The molecular formula is C5H8N2O. The number of nitrogens with one attached hydrogen (secondary N) is 2. The monoisotopic (exact) mass is 112 g/mol. The zero-order chi connectivity index (χ0) is 5.66. The Labute approximate surface area is 47.6 Å². The SMILES string of the molecule is C1NO1.c1cc[nH]c1. The maximum absolute atomic E-state index is 4.25. The van der Waals surface area contributed by atoms with E-state index in [1.807, 2.05) is 24.5 Å². The number of rotatable bonds is 0. The minimum Gasteiger partial charge on any atom is -0.368 e. The number of hydrogen-bond donors (Lipinski definition) is 2. The van der Waals surface area contributed by atoms with Crippen molar-refractivity contribution in [3.05, 3.63) is 24.5 Å². The van der Waals surface area contributed by atoms with Crippen molar-refractivity contribution in [1.29, 1.82) is 0 Å². The van der Waals surface area contributed by atoms with Crippen LogP contribution in [0.15, 0.2) is 24.5 Å². The highest BCUT2D eigenvalue weighted by Gasteiger charge is 1.91. The maximum atomic E-state index is 4.25. The van der Waals surface area contributed by atoms with Gasteiger partial charge in [0, 0.05) is 12.4 Å². The van der Waals surface area contributed by atoms with Crippen LogP contribution in [0.5, 0.6) is 0 Å². The molecule has 3 heteroatoms. The first kappa shape index (κ1) is 5.34. The molecule has 0 spiro atoms. The first-order valence-electron chi connectivity index (χ1n) is 2.42. The first-order valence-corrected chi connectivity index (χ1v) is 2.42. The summed E-state index contributed by atoms with van der Waals surface area (Å²) in [5, 5.41) is 0. The Morgan fingerprint density at radius 3 is 1.88 bits per heavy atom. The molecular weight excluding hydrogens is 104 g/mol. The molecule has 0 saturated carbocycles. The zero-order valence-corrected chi connectivity index (χ0v) is 4.42. The average molecular weight is 112 g/mol. The number of aromatic nitrogens is 1. The number of aromatic amines is 1. The third-order valence-electron chi connectivity index (χ3n) is 0.640. The van der Waals surface area contributed by atoms with Gasteiger partial charge in [-0.3, -0.25) is 4.84 Å².